The molecule has 5 heteroatoms. The van der Waals surface area contributed by atoms with Gasteiger partial charge in [0.2, 0.25) is 0 Å². The van der Waals surface area contributed by atoms with Crippen LogP contribution >= 0.6 is 0 Å². The first-order chi connectivity index (χ1) is 10.0. The van der Waals surface area contributed by atoms with Gasteiger partial charge in [-0.3, -0.25) is 9.59 Å². The maximum Gasteiger partial charge on any atom is 0.302 e. The van der Waals surface area contributed by atoms with Crippen LogP contribution < -0.4 is 9.47 Å². The largest absolute Gasteiger partial charge is 0.497 e. The van der Waals surface area contributed by atoms with E-state index in [0.717, 1.165) is 6.42 Å². The van der Waals surface area contributed by atoms with Crippen molar-refractivity contribution in [1.82, 2.24) is 0 Å². The number of carbonyl (C=O) groups is 2. The van der Waals surface area contributed by atoms with E-state index in [1.54, 1.807) is 25.3 Å². The number of hydrogen-bond donors (Lipinski definition) is 0. The minimum Gasteiger partial charge on any atom is -0.497 e. The number of benzene rings is 1. The van der Waals surface area contributed by atoms with Crippen LogP contribution in [0.2, 0.25) is 0 Å². The summed E-state index contributed by atoms with van der Waals surface area (Å²) in [5.74, 6) is 0.742. The molecule has 1 aromatic carbocycles. The molecular weight excluding hydrogens is 272 g/mol. The predicted molar refractivity (Wildman–Crippen MR) is 76.8 cm³/mol. The molecule has 1 aliphatic heterocycles. The first kappa shape index (κ1) is 15.4. The smallest absolute Gasteiger partial charge is 0.302 e. The van der Waals surface area contributed by atoms with E-state index in [-0.39, 0.29) is 25.0 Å². The van der Waals surface area contributed by atoms with Crippen LogP contribution in [0.15, 0.2) is 18.2 Å². The van der Waals surface area contributed by atoms with E-state index in [2.05, 4.69) is 0 Å². The molecular formula is C16H20O5. The highest BCUT2D eigenvalue weighted by Gasteiger charge is 2.44. The van der Waals surface area contributed by atoms with Crippen molar-refractivity contribution < 1.29 is 23.8 Å². The average molecular weight is 292 g/mol. The van der Waals surface area contributed by atoms with Crippen LogP contribution in [0.25, 0.3) is 0 Å². The molecule has 1 unspecified atom stereocenters. The second kappa shape index (κ2) is 6.16. The second-order valence-electron chi connectivity index (χ2n) is 5.29. The van der Waals surface area contributed by atoms with Crippen molar-refractivity contribution >= 4 is 11.8 Å². The molecule has 0 N–H and O–H groups in total. The molecule has 0 aromatic heterocycles. The van der Waals surface area contributed by atoms with Gasteiger partial charge in [0.15, 0.2) is 5.78 Å². The third kappa shape index (κ3) is 3.01. The minimum atomic E-state index is -0.790. The quantitative estimate of drug-likeness (QED) is 0.781. The van der Waals surface area contributed by atoms with Gasteiger partial charge in [-0.25, -0.2) is 0 Å². The Morgan fingerprint density at radius 3 is 2.81 bits per heavy atom. The number of Topliss-reactive ketones (excluding diaryl/α,β-unsaturated/α-hetero) is 1. The van der Waals surface area contributed by atoms with Crippen LogP contribution in [0.1, 0.15) is 37.0 Å². The van der Waals surface area contributed by atoms with E-state index in [1.807, 2.05) is 6.92 Å². The molecule has 1 heterocycles. The number of ketones is 1. The molecule has 2 rings (SSSR count). The fourth-order valence-electron chi connectivity index (χ4n) is 2.59. The molecule has 5 nitrogen and oxygen atoms in total. The summed E-state index contributed by atoms with van der Waals surface area (Å²) in [6.07, 6.45) is 1.42. The molecule has 1 aliphatic rings. The lowest BCUT2D eigenvalue weighted by Crippen LogP contribution is -2.45. The molecule has 0 amide bonds. The van der Waals surface area contributed by atoms with E-state index in [1.165, 1.54) is 6.92 Å². The highest BCUT2D eigenvalue weighted by atomic mass is 16.5. The van der Waals surface area contributed by atoms with Crippen molar-refractivity contribution in [3.8, 4) is 11.5 Å². The van der Waals surface area contributed by atoms with E-state index >= 15 is 0 Å². The number of hydrogen-bond acceptors (Lipinski definition) is 5. The normalized spacial score (nSPS) is 20.4. The second-order valence-corrected chi connectivity index (χ2v) is 5.29. The van der Waals surface area contributed by atoms with E-state index < -0.39 is 5.41 Å². The monoisotopic (exact) mass is 292 g/mol. The Morgan fingerprint density at radius 1 is 1.43 bits per heavy atom. The van der Waals surface area contributed by atoms with Crippen molar-refractivity contribution in [1.29, 1.82) is 0 Å². The minimum absolute atomic E-state index is 0.0329. The Kier molecular flexibility index (Phi) is 4.50. The van der Waals surface area contributed by atoms with E-state index in [4.69, 9.17) is 14.2 Å². The lowest BCUT2D eigenvalue weighted by molar-refractivity contribution is -0.144. The SMILES string of the molecule is CCCC1(COC(C)=O)COc2cc(OC)ccc2C1=O. The summed E-state index contributed by atoms with van der Waals surface area (Å²) in [4.78, 5) is 23.9. The highest BCUT2D eigenvalue weighted by molar-refractivity contribution is 6.04. The zero-order chi connectivity index (χ0) is 15.5. The topological polar surface area (TPSA) is 61.8 Å². The Bertz CT molecular complexity index is 552. The molecule has 114 valence electrons. The zero-order valence-electron chi connectivity index (χ0n) is 12.6. The summed E-state index contributed by atoms with van der Waals surface area (Å²) in [6, 6.07) is 5.14. The van der Waals surface area contributed by atoms with E-state index in [9.17, 15) is 9.59 Å². The van der Waals surface area contributed by atoms with Crippen molar-refractivity contribution in [2.75, 3.05) is 20.3 Å². The summed E-state index contributed by atoms with van der Waals surface area (Å²) < 4.78 is 16.0. The third-order valence-electron chi connectivity index (χ3n) is 3.70. The Hall–Kier alpha value is -2.04. The fourth-order valence-corrected chi connectivity index (χ4v) is 2.59. The molecule has 0 radical (unpaired) electrons. The molecule has 0 saturated heterocycles. The lowest BCUT2D eigenvalue weighted by atomic mass is 9.76. The van der Waals surface area contributed by atoms with Gasteiger partial charge >= 0.3 is 5.97 Å². The molecule has 1 aromatic rings. The first-order valence-corrected chi connectivity index (χ1v) is 7.01. The first-order valence-electron chi connectivity index (χ1n) is 7.01. The maximum absolute atomic E-state index is 12.8. The van der Waals surface area contributed by atoms with Crippen LogP contribution in [0.4, 0.5) is 0 Å². The molecule has 21 heavy (non-hydrogen) atoms. The van der Waals surface area contributed by atoms with Gasteiger partial charge in [-0.2, -0.15) is 0 Å². The molecule has 0 spiro atoms. The fraction of sp³-hybridized carbons (Fsp3) is 0.500. The molecule has 0 fully saturated rings. The number of esters is 1. The van der Waals surface area contributed by atoms with Crippen molar-refractivity contribution in [2.24, 2.45) is 5.41 Å². The van der Waals surface area contributed by atoms with Crippen LogP contribution in [0.3, 0.4) is 0 Å². The number of methoxy groups -OCH3 is 1. The lowest BCUT2D eigenvalue weighted by Gasteiger charge is -2.35. The van der Waals surface area contributed by atoms with Gasteiger partial charge in [-0.1, -0.05) is 13.3 Å². The van der Waals surface area contributed by atoms with Gasteiger partial charge in [0.25, 0.3) is 0 Å². The summed E-state index contributed by atoms with van der Waals surface area (Å²) in [5, 5.41) is 0. The Balaban J connectivity index is 2.32. The molecule has 1 atom stereocenters. The third-order valence-corrected chi connectivity index (χ3v) is 3.70. The van der Waals surface area contributed by atoms with Gasteiger partial charge in [0, 0.05) is 13.0 Å². The van der Waals surface area contributed by atoms with Crippen LogP contribution in [-0.4, -0.2) is 32.1 Å². The average Bonchev–Trinajstić information content (AvgIpc) is 2.48. The summed E-state index contributed by atoms with van der Waals surface area (Å²) in [7, 11) is 1.56. The summed E-state index contributed by atoms with van der Waals surface area (Å²) in [6.45, 7) is 3.60. The summed E-state index contributed by atoms with van der Waals surface area (Å²) in [5.41, 5.74) is -0.273. The van der Waals surface area contributed by atoms with Gasteiger partial charge in [-0.15, -0.1) is 0 Å². The van der Waals surface area contributed by atoms with Crippen LogP contribution in [-0.2, 0) is 9.53 Å². The van der Waals surface area contributed by atoms with Gasteiger partial charge in [0.05, 0.1) is 12.7 Å². The molecule has 0 saturated carbocycles. The Morgan fingerprint density at radius 2 is 2.19 bits per heavy atom. The number of rotatable bonds is 5. The van der Waals surface area contributed by atoms with Crippen LogP contribution in [0.5, 0.6) is 11.5 Å². The number of ether oxygens (including phenoxy) is 3. The number of carbonyl (C=O) groups excluding carboxylic acids is 2. The maximum atomic E-state index is 12.8. The van der Waals surface area contributed by atoms with Gasteiger partial charge in [0.1, 0.15) is 30.1 Å². The standard InChI is InChI=1S/C16H20O5/c1-4-7-16(9-20-11(2)17)10-21-14-8-12(19-3)5-6-13(14)15(16)18/h5-6,8H,4,7,9-10H2,1-3H3. The van der Waals surface area contributed by atoms with Gasteiger partial charge < -0.3 is 14.2 Å². The van der Waals surface area contributed by atoms with Crippen molar-refractivity contribution in [3.05, 3.63) is 23.8 Å². The van der Waals surface area contributed by atoms with Crippen molar-refractivity contribution in [3.63, 3.8) is 0 Å². The van der Waals surface area contributed by atoms with Crippen LogP contribution in [0, 0.1) is 5.41 Å². The van der Waals surface area contributed by atoms with Gasteiger partial charge in [-0.05, 0) is 18.6 Å². The molecule has 0 bridgehead atoms. The number of fused-ring (bicyclic) bond motifs is 1. The predicted octanol–water partition coefficient (Wildman–Crippen LogP) is 2.62. The highest BCUT2D eigenvalue weighted by Crippen LogP contribution is 2.39. The van der Waals surface area contributed by atoms with E-state index in [0.29, 0.717) is 23.5 Å². The zero-order valence-corrected chi connectivity index (χ0v) is 12.6. The summed E-state index contributed by atoms with van der Waals surface area (Å²) >= 11 is 0. The molecule has 0 aliphatic carbocycles. The Labute approximate surface area is 124 Å². The van der Waals surface area contributed by atoms with Crippen molar-refractivity contribution in [2.45, 2.75) is 26.7 Å².